The number of carbonyl (C=O) groups excluding carboxylic acids is 1. The van der Waals surface area contributed by atoms with Gasteiger partial charge in [-0.3, -0.25) is 0 Å². The lowest BCUT2D eigenvalue weighted by atomic mass is 10.0. The normalized spacial score (nSPS) is 15.0. The van der Waals surface area contributed by atoms with E-state index >= 15 is 0 Å². The van der Waals surface area contributed by atoms with Crippen molar-refractivity contribution < 1.29 is 18.0 Å². The first-order chi connectivity index (χ1) is 17.2. The standard InChI is InChI=1S/C28H25F3N4O/c1-33(2)23-14-12-19(13-15-23)26-25-11-6-16-34(25)24-10-4-3-7-20(24)18-35(26)27(36)32-22-9-5-8-21(17-22)28(29,30)31/h3-17,26H,18H2,1-2H3,(H,32,36)/t26-/m0/s1. The first kappa shape index (κ1) is 23.5. The molecule has 4 aromatic rings. The van der Waals surface area contributed by atoms with Gasteiger partial charge in [-0.05, 0) is 59.7 Å². The minimum Gasteiger partial charge on any atom is -0.378 e. The second kappa shape index (κ2) is 9.11. The molecule has 2 amide bonds. The quantitative estimate of drug-likeness (QED) is 0.347. The van der Waals surface area contributed by atoms with E-state index in [1.165, 1.54) is 12.1 Å². The number of nitrogens with one attached hydrogen (secondary N) is 1. The van der Waals surface area contributed by atoms with Gasteiger partial charge in [0, 0.05) is 37.4 Å². The molecule has 0 aliphatic carbocycles. The van der Waals surface area contributed by atoms with Gasteiger partial charge in [-0.2, -0.15) is 13.2 Å². The molecule has 0 fully saturated rings. The summed E-state index contributed by atoms with van der Waals surface area (Å²) in [6, 6.07) is 23.4. The van der Waals surface area contributed by atoms with Gasteiger partial charge in [0.2, 0.25) is 0 Å². The number of alkyl halides is 3. The molecular weight excluding hydrogens is 465 g/mol. The van der Waals surface area contributed by atoms with Crippen LogP contribution < -0.4 is 10.2 Å². The van der Waals surface area contributed by atoms with E-state index in [4.69, 9.17) is 0 Å². The SMILES string of the molecule is CN(C)c1ccc([C@H]2c3cccn3-c3ccccc3CN2C(=O)Nc2cccc(C(F)(F)F)c2)cc1. The molecule has 0 radical (unpaired) electrons. The molecule has 0 saturated heterocycles. The highest BCUT2D eigenvalue weighted by Gasteiger charge is 2.34. The lowest BCUT2D eigenvalue weighted by Crippen LogP contribution is -2.38. The number of benzene rings is 3. The summed E-state index contributed by atoms with van der Waals surface area (Å²) >= 11 is 0. The highest BCUT2D eigenvalue weighted by Crippen LogP contribution is 2.38. The Morgan fingerprint density at radius 1 is 0.944 bits per heavy atom. The Labute approximate surface area is 207 Å². The zero-order chi connectivity index (χ0) is 25.4. The number of rotatable bonds is 3. The Morgan fingerprint density at radius 2 is 1.69 bits per heavy atom. The van der Waals surface area contributed by atoms with Crippen molar-refractivity contribution in [1.82, 2.24) is 9.47 Å². The van der Waals surface area contributed by atoms with Gasteiger partial charge in [0.15, 0.2) is 0 Å². The lowest BCUT2D eigenvalue weighted by Gasteiger charge is -2.31. The number of hydrogen-bond acceptors (Lipinski definition) is 2. The Balaban J connectivity index is 1.58. The van der Waals surface area contributed by atoms with Gasteiger partial charge in [0.1, 0.15) is 0 Å². The fourth-order valence-electron chi connectivity index (χ4n) is 4.61. The van der Waals surface area contributed by atoms with E-state index < -0.39 is 23.8 Å². The van der Waals surface area contributed by atoms with E-state index in [1.54, 1.807) is 4.90 Å². The Hall–Kier alpha value is -4.20. The van der Waals surface area contributed by atoms with Gasteiger partial charge in [-0.25, -0.2) is 4.79 Å². The summed E-state index contributed by atoms with van der Waals surface area (Å²) in [6.07, 6.45) is -2.54. The second-order valence-electron chi connectivity index (χ2n) is 8.96. The molecule has 5 nitrogen and oxygen atoms in total. The fourth-order valence-corrected chi connectivity index (χ4v) is 4.61. The molecule has 0 bridgehead atoms. The molecule has 1 atom stereocenters. The maximum absolute atomic E-state index is 13.7. The number of hydrogen-bond donors (Lipinski definition) is 1. The molecule has 3 aromatic carbocycles. The summed E-state index contributed by atoms with van der Waals surface area (Å²) in [7, 11) is 3.91. The second-order valence-corrected chi connectivity index (χ2v) is 8.96. The first-order valence-corrected chi connectivity index (χ1v) is 11.5. The van der Waals surface area contributed by atoms with Crippen LogP contribution in [0.1, 0.15) is 28.4 Å². The number of urea groups is 1. The molecule has 2 heterocycles. The van der Waals surface area contributed by atoms with Crippen LogP contribution in [-0.4, -0.2) is 29.6 Å². The maximum atomic E-state index is 13.7. The van der Waals surface area contributed by atoms with Gasteiger partial charge in [0.25, 0.3) is 0 Å². The van der Waals surface area contributed by atoms with E-state index in [0.29, 0.717) is 0 Å². The van der Waals surface area contributed by atoms with Crippen LogP contribution in [0, 0.1) is 0 Å². The average Bonchev–Trinajstić information content (AvgIpc) is 3.28. The number of fused-ring (bicyclic) bond motifs is 3. The fraction of sp³-hybridized carbons (Fsp3) is 0.179. The number of anilines is 2. The molecule has 0 saturated carbocycles. The topological polar surface area (TPSA) is 40.5 Å². The molecule has 184 valence electrons. The monoisotopic (exact) mass is 490 g/mol. The van der Waals surface area contributed by atoms with Crippen molar-refractivity contribution in [3.63, 3.8) is 0 Å². The van der Waals surface area contributed by atoms with Crippen LogP contribution in [0.4, 0.5) is 29.3 Å². The molecule has 1 aliphatic rings. The number of para-hydroxylation sites is 1. The van der Waals surface area contributed by atoms with Gasteiger partial charge in [-0.1, -0.05) is 36.4 Å². The highest BCUT2D eigenvalue weighted by atomic mass is 19.4. The number of aromatic nitrogens is 1. The smallest absolute Gasteiger partial charge is 0.378 e. The first-order valence-electron chi connectivity index (χ1n) is 11.5. The summed E-state index contributed by atoms with van der Waals surface area (Å²) in [4.78, 5) is 17.4. The Bertz CT molecular complexity index is 1390. The number of amides is 2. The van der Waals surface area contributed by atoms with Crippen molar-refractivity contribution in [2.45, 2.75) is 18.8 Å². The molecule has 0 unspecified atom stereocenters. The van der Waals surface area contributed by atoms with Crippen LogP contribution in [0.3, 0.4) is 0 Å². The third-order valence-electron chi connectivity index (χ3n) is 6.39. The van der Waals surface area contributed by atoms with Crippen LogP contribution >= 0.6 is 0 Å². The van der Waals surface area contributed by atoms with Crippen molar-refractivity contribution in [2.75, 3.05) is 24.3 Å². The van der Waals surface area contributed by atoms with E-state index in [0.717, 1.165) is 40.3 Å². The third-order valence-corrected chi connectivity index (χ3v) is 6.39. The zero-order valence-electron chi connectivity index (χ0n) is 19.8. The third kappa shape index (κ3) is 4.42. The van der Waals surface area contributed by atoms with Gasteiger partial charge < -0.3 is 19.7 Å². The summed E-state index contributed by atoms with van der Waals surface area (Å²) in [5.74, 6) is 0. The largest absolute Gasteiger partial charge is 0.416 e. The van der Waals surface area contributed by atoms with Crippen LogP contribution in [0.15, 0.2) is 91.1 Å². The predicted octanol–water partition coefficient (Wildman–Crippen LogP) is 6.70. The van der Waals surface area contributed by atoms with Crippen molar-refractivity contribution in [2.24, 2.45) is 0 Å². The van der Waals surface area contributed by atoms with Gasteiger partial charge in [0.05, 0.1) is 23.8 Å². The highest BCUT2D eigenvalue weighted by molar-refractivity contribution is 5.90. The molecule has 0 spiro atoms. The van der Waals surface area contributed by atoms with Crippen molar-refractivity contribution in [3.05, 3.63) is 114 Å². The van der Waals surface area contributed by atoms with Crippen molar-refractivity contribution >= 4 is 17.4 Å². The predicted molar refractivity (Wildman–Crippen MR) is 134 cm³/mol. The summed E-state index contributed by atoms with van der Waals surface area (Å²) in [5.41, 5.74) is 3.97. The van der Waals surface area contributed by atoms with Crippen LogP contribution in [0.2, 0.25) is 0 Å². The van der Waals surface area contributed by atoms with E-state index in [1.807, 2.05) is 85.9 Å². The summed E-state index contributed by atoms with van der Waals surface area (Å²) in [5, 5.41) is 2.70. The lowest BCUT2D eigenvalue weighted by molar-refractivity contribution is -0.137. The number of halogens is 3. The van der Waals surface area contributed by atoms with E-state index in [9.17, 15) is 18.0 Å². The molecule has 1 aromatic heterocycles. The minimum atomic E-state index is -4.50. The number of carbonyl (C=O) groups is 1. The maximum Gasteiger partial charge on any atom is 0.416 e. The Morgan fingerprint density at radius 3 is 2.42 bits per heavy atom. The molecular formula is C28H25F3N4O. The minimum absolute atomic E-state index is 0.0874. The average molecular weight is 491 g/mol. The van der Waals surface area contributed by atoms with Crippen LogP contribution in [-0.2, 0) is 12.7 Å². The summed E-state index contributed by atoms with van der Waals surface area (Å²) < 4.78 is 41.8. The molecule has 1 N–H and O–H groups in total. The molecule has 8 heteroatoms. The van der Waals surface area contributed by atoms with Crippen molar-refractivity contribution in [1.29, 1.82) is 0 Å². The molecule has 1 aliphatic heterocycles. The van der Waals surface area contributed by atoms with Gasteiger partial charge >= 0.3 is 12.2 Å². The summed E-state index contributed by atoms with van der Waals surface area (Å²) in [6.45, 7) is 0.281. The zero-order valence-corrected chi connectivity index (χ0v) is 19.8. The molecule has 36 heavy (non-hydrogen) atoms. The van der Waals surface area contributed by atoms with Crippen LogP contribution in [0.5, 0.6) is 0 Å². The van der Waals surface area contributed by atoms with Crippen LogP contribution in [0.25, 0.3) is 5.69 Å². The molecule has 5 rings (SSSR count). The van der Waals surface area contributed by atoms with E-state index in [-0.39, 0.29) is 12.2 Å². The Kier molecular flexibility index (Phi) is 5.96. The van der Waals surface area contributed by atoms with Crippen molar-refractivity contribution in [3.8, 4) is 5.69 Å². The van der Waals surface area contributed by atoms with Gasteiger partial charge in [-0.15, -0.1) is 0 Å². The van der Waals surface area contributed by atoms with E-state index in [2.05, 4.69) is 9.88 Å². The number of nitrogens with zero attached hydrogens (tertiary/aromatic N) is 3.